The predicted molar refractivity (Wildman–Crippen MR) is 111 cm³/mol. The number of carbonyl (C=O) groups is 1. The van der Waals surface area contributed by atoms with Gasteiger partial charge in [0, 0.05) is 19.6 Å². The molecular weight excluding hydrogens is 362 g/mol. The Morgan fingerprint density at radius 3 is 2.48 bits per heavy atom. The zero-order chi connectivity index (χ0) is 18.2. The van der Waals surface area contributed by atoms with Crippen LogP contribution >= 0.6 is 12.4 Å². The molecule has 2 aromatic rings. The second kappa shape index (κ2) is 10.8. The number of likely N-dealkylation sites (tertiary alicyclic amines) is 1. The highest BCUT2D eigenvalue weighted by Crippen LogP contribution is 2.16. The molecule has 5 heteroatoms. The van der Waals surface area contributed by atoms with Crippen LogP contribution in [0.5, 0.6) is 5.75 Å². The summed E-state index contributed by atoms with van der Waals surface area (Å²) in [5.74, 6) is 0.00793. The Balaban J connectivity index is 0.00000261. The van der Waals surface area contributed by atoms with E-state index in [0.29, 0.717) is 19.7 Å². The van der Waals surface area contributed by atoms with Crippen molar-refractivity contribution in [2.75, 3.05) is 26.2 Å². The number of aliphatic carboxylic acids is 1. The molecule has 144 valence electrons. The highest BCUT2D eigenvalue weighted by molar-refractivity contribution is 5.85. The molecule has 2 aromatic carbocycles. The topological polar surface area (TPSA) is 49.8 Å². The smallest absolute Gasteiger partial charge is 0.309 e. The summed E-state index contributed by atoms with van der Waals surface area (Å²) in [7, 11) is 0. The lowest BCUT2D eigenvalue weighted by Gasteiger charge is -2.35. The van der Waals surface area contributed by atoms with E-state index in [-0.39, 0.29) is 18.3 Å². The summed E-state index contributed by atoms with van der Waals surface area (Å²) in [5.41, 5.74) is 2.46. The van der Waals surface area contributed by atoms with Gasteiger partial charge in [-0.05, 0) is 36.1 Å². The van der Waals surface area contributed by atoms with Gasteiger partial charge in [-0.1, -0.05) is 54.6 Å². The van der Waals surface area contributed by atoms with E-state index in [1.165, 1.54) is 5.56 Å². The van der Waals surface area contributed by atoms with Gasteiger partial charge in [0.25, 0.3) is 0 Å². The Morgan fingerprint density at radius 1 is 1.11 bits per heavy atom. The fourth-order valence-electron chi connectivity index (χ4n) is 3.00. The Hall–Kier alpha value is -2.30. The fraction of sp³-hybridized carbons (Fsp3) is 0.318. The standard InChI is InChI=1S/C22H25NO3.ClH/c24-22(25)20-16-23(17-20)14-4-8-19-10-12-21(13-11-19)26-15-5-9-18-6-2-1-3-7-18;/h1-4,6-8,10-13,20H,5,9,14-17H2,(H,24,25);1H/b8-4+;. The molecule has 1 aliphatic rings. The molecule has 0 saturated carbocycles. The van der Waals surface area contributed by atoms with E-state index in [1.807, 2.05) is 30.3 Å². The predicted octanol–water partition coefficient (Wildman–Crippen LogP) is 4.15. The van der Waals surface area contributed by atoms with E-state index in [0.717, 1.165) is 30.7 Å². The molecule has 0 bridgehead atoms. The first-order chi connectivity index (χ1) is 12.7. The van der Waals surface area contributed by atoms with Crippen molar-refractivity contribution < 1.29 is 14.6 Å². The molecule has 3 rings (SSSR count). The molecule has 0 radical (unpaired) electrons. The third kappa shape index (κ3) is 6.74. The monoisotopic (exact) mass is 387 g/mol. The average Bonchev–Trinajstić information content (AvgIpc) is 2.62. The lowest BCUT2D eigenvalue weighted by Crippen LogP contribution is -2.50. The van der Waals surface area contributed by atoms with Crippen molar-refractivity contribution in [3.05, 3.63) is 71.8 Å². The first-order valence-electron chi connectivity index (χ1n) is 9.09. The van der Waals surface area contributed by atoms with E-state index < -0.39 is 5.97 Å². The van der Waals surface area contributed by atoms with Gasteiger partial charge in [0.05, 0.1) is 12.5 Å². The molecule has 0 unspecified atom stereocenters. The summed E-state index contributed by atoms with van der Waals surface area (Å²) in [6, 6.07) is 18.5. The van der Waals surface area contributed by atoms with Crippen LogP contribution in [0.25, 0.3) is 6.08 Å². The molecule has 0 aliphatic carbocycles. The van der Waals surface area contributed by atoms with E-state index >= 15 is 0 Å². The lowest BCUT2D eigenvalue weighted by molar-refractivity contribution is -0.147. The van der Waals surface area contributed by atoms with E-state index in [4.69, 9.17) is 9.84 Å². The van der Waals surface area contributed by atoms with Crippen molar-refractivity contribution >= 4 is 24.5 Å². The van der Waals surface area contributed by atoms with Crippen molar-refractivity contribution in [1.82, 2.24) is 4.90 Å². The number of nitrogens with zero attached hydrogens (tertiary/aromatic N) is 1. The molecule has 0 amide bonds. The number of hydrogen-bond acceptors (Lipinski definition) is 3. The molecular formula is C22H26ClNO3. The maximum Gasteiger partial charge on any atom is 0.309 e. The van der Waals surface area contributed by atoms with Gasteiger partial charge in [0.2, 0.25) is 0 Å². The first kappa shape index (κ1) is 21.0. The highest BCUT2D eigenvalue weighted by atomic mass is 35.5. The Bertz CT molecular complexity index is 725. The van der Waals surface area contributed by atoms with Gasteiger partial charge in [-0.25, -0.2) is 0 Å². The number of ether oxygens (including phenoxy) is 1. The Labute approximate surface area is 166 Å². The van der Waals surface area contributed by atoms with E-state index in [2.05, 4.69) is 41.3 Å². The summed E-state index contributed by atoms with van der Waals surface area (Å²) in [6.07, 6.45) is 6.17. The second-order valence-corrected chi connectivity index (χ2v) is 6.66. The zero-order valence-electron chi connectivity index (χ0n) is 15.3. The molecule has 0 spiro atoms. The fourth-order valence-corrected chi connectivity index (χ4v) is 3.00. The highest BCUT2D eigenvalue weighted by Gasteiger charge is 2.31. The number of aryl methyl sites for hydroxylation is 1. The van der Waals surface area contributed by atoms with Crippen LogP contribution in [0.15, 0.2) is 60.7 Å². The second-order valence-electron chi connectivity index (χ2n) is 6.66. The minimum absolute atomic E-state index is 0. The molecule has 1 aliphatic heterocycles. The third-order valence-electron chi connectivity index (χ3n) is 4.58. The van der Waals surface area contributed by atoms with Gasteiger partial charge in [0.15, 0.2) is 0 Å². The van der Waals surface area contributed by atoms with Crippen molar-refractivity contribution in [1.29, 1.82) is 0 Å². The number of carboxylic acids is 1. The molecule has 0 aromatic heterocycles. The number of rotatable bonds is 9. The maximum atomic E-state index is 10.8. The molecule has 27 heavy (non-hydrogen) atoms. The maximum absolute atomic E-state index is 10.8. The summed E-state index contributed by atoms with van der Waals surface area (Å²) in [5, 5.41) is 8.86. The molecule has 1 N–H and O–H groups in total. The summed E-state index contributed by atoms with van der Waals surface area (Å²) >= 11 is 0. The molecule has 4 nitrogen and oxygen atoms in total. The van der Waals surface area contributed by atoms with Crippen LogP contribution in [0.1, 0.15) is 17.5 Å². The summed E-state index contributed by atoms with van der Waals surface area (Å²) in [4.78, 5) is 12.9. The van der Waals surface area contributed by atoms with Crippen LogP contribution in [0, 0.1) is 5.92 Å². The zero-order valence-corrected chi connectivity index (χ0v) is 16.1. The number of halogens is 1. The van der Waals surface area contributed by atoms with Gasteiger partial charge in [0.1, 0.15) is 5.75 Å². The van der Waals surface area contributed by atoms with Gasteiger partial charge >= 0.3 is 5.97 Å². The molecule has 1 fully saturated rings. The largest absolute Gasteiger partial charge is 0.494 e. The van der Waals surface area contributed by atoms with Crippen LogP contribution in [-0.2, 0) is 11.2 Å². The average molecular weight is 388 g/mol. The summed E-state index contributed by atoms with van der Waals surface area (Å²) < 4.78 is 5.80. The van der Waals surface area contributed by atoms with Crippen LogP contribution in [-0.4, -0.2) is 42.2 Å². The SMILES string of the molecule is Cl.O=C(O)C1CN(C/C=C/c2ccc(OCCCc3ccccc3)cc2)C1. The quantitative estimate of drug-likeness (QED) is 0.657. The van der Waals surface area contributed by atoms with Crippen molar-refractivity contribution in [3.8, 4) is 5.75 Å². The third-order valence-corrected chi connectivity index (χ3v) is 4.58. The Kier molecular flexibility index (Phi) is 8.37. The molecule has 1 saturated heterocycles. The van der Waals surface area contributed by atoms with Crippen LogP contribution in [0.2, 0.25) is 0 Å². The minimum Gasteiger partial charge on any atom is -0.494 e. The van der Waals surface area contributed by atoms with Crippen LogP contribution in [0.3, 0.4) is 0 Å². The Morgan fingerprint density at radius 2 is 1.81 bits per heavy atom. The van der Waals surface area contributed by atoms with Crippen molar-refractivity contribution in [2.45, 2.75) is 12.8 Å². The number of hydrogen-bond donors (Lipinski definition) is 1. The molecule has 0 atom stereocenters. The van der Waals surface area contributed by atoms with E-state index in [1.54, 1.807) is 0 Å². The van der Waals surface area contributed by atoms with E-state index in [9.17, 15) is 4.79 Å². The number of benzene rings is 2. The lowest BCUT2D eigenvalue weighted by atomic mass is 10.0. The van der Waals surface area contributed by atoms with Gasteiger partial charge in [-0.3, -0.25) is 9.69 Å². The summed E-state index contributed by atoms with van der Waals surface area (Å²) in [6.45, 7) is 2.80. The molecule has 1 heterocycles. The van der Waals surface area contributed by atoms with Crippen LogP contribution in [0.4, 0.5) is 0 Å². The van der Waals surface area contributed by atoms with Gasteiger partial charge < -0.3 is 9.84 Å². The normalized spacial score (nSPS) is 14.5. The number of carboxylic acid groups (broad SMARTS) is 1. The van der Waals surface area contributed by atoms with Gasteiger partial charge in [-0.15, -0.1) is 12.4 Å². The van der Waals surface area contributed by atoms with Gasteiger partial charge in [-0.2, -0.15) is 0 Å². The van der Waals surface area contributed by atoms with Crippen molar-refractivity contribution in [3.63, 3.8) is 0 Å². The first-order valence-corrected chi connectivity index (χ1v) is 9.09. The van der Waals surface area contributed by atoms with Crippen molar-refractivity contribution in [2.24, 2.45) is 5.92 Å². The minimum atomic E-state index is -0.690. The van der Waals surface area contributed by atoms with Crippen LogP contribution < -0.4 is 4.74 Å².